The zero-order valence-electron chi connectivity index (χ0n) is 11.6. The maximum atomic E-state index is 10.9. The molecule has 0 aliphatic heterocycles. The van der Waals surface area contributed by atoms with Crippen LogP contribution >= 0.6 is 15.9 Å². The van der Waals surface area contributed by atoms with E-state index < -0.39 is 4.92 Å². The van der Waals surface area contributed by atoms with Gasteiger partial charge in [-0.25, -0.2) is 9.67 Å². The number of aromatic nitrogens is 3. The fourth-order valence-electron chi connectivity index (χ4n) is 1.97. The van der Waals surface area contributed by atoms with Crippen LogP contribution in [0.15, 0.2) is 16.7 Å². The first kappa shape index (κ1) is 14.6. The first-order valence-electron chi connectivity index (χ1n) is 6.37. The van der Waals surface area contributed by atoms with Gasteiger partial charge in [0.15, 0.2) is 5.82 Å². The first-order valence-corrected chi connectivity index (χ1v) is 7.16. The van der Waals surface area contributed by atoms with Crippen molar-refractivity contribution in [2.75, 3.05) is 0 Å². The third-order valence-corrected chi connectivity index (χ3v) is 4.12. The Balaban J connectivity index is 2.62. The highest BCUT2D eigenvalue weighted by Gasteiger charge is 2.20. The van der Waals surface area contributed by atoms with Crippen LogP contribution < -0.4 is 0 Å². The third kappa shape index (κ3) is 2.45. The molecule has 0 radical (unpaired) electrons. The van der Waals surface area contributed by atoms with E-state index in [0.29, 0.717) is 15.9 Å². The molecular weight excluding hydrogens is 324 g/mol. The summed E-state index contributed by atoms with van der Waals surface area (Å²) < 4.78 is 2.35. The van der Waals surface area contributed by atoms with Gasteiger partial charge in [-0.2, -0.15) is 5.10 Å². The van der Waals surface area contributed by atoms with Gasteiger partial charge >= 0.3 is 0 Å². The van der Waals surface area contributed by atoms with Crippen LogP contribution in [0.25, 0.3) is 5.82 Å². The molecule has 0 fully saturated rings. The molecule has 6 nitrogen and oxygen atoms in total. The predicted molar refractivity (Wildman–Crippen MR) is 79.2 cm³/mol. The summed E-state index contributed by atoms with van der Waals surface area (Å²) in [5, 5.41) is 15.4. The number of hydrogen-bond acceptors (Lipinski definition) is 4. The standard InChI is InChI=1S/C13H15BrN4O2/c1-4-9-6-10(5-2)17(16-9)13-12(14)8(3)11(7-15-13)18(19)20/h6-7H,4-5H2,1-3H3. The van der Waals surface area contributed by atoms with E-state index in [1.807, 2.05) is 19.9 Å². The van der Waals surface area contributed by atoms with Crippen LogP contribution in [0.2, 0.25) is 0 Å². The Hall–Kier alpha value is -1.76. The average molecular weight is 339 g/mol. The monoisotopic (exact) mass is 338 g/mol. The van der Waals surface area contributed by atoms with Crippen molar-refractivity contribution in [3.8, 4) is 5.82 Å². The Morgan fingerprint density at radius 1 is 1.40 bits per heavy atom. The molecule has 2 heterocycles. The Morgan fingerprint density at radius 3 is 2.65 bits per heavy atom. The highest BCUT2D eigenvalue weighted by molar-refractivity contribution is 9.10. The van der Waals surface area contributed by atoms with Crippen molar-refractivity contribution < 1.29 is 4.92 Å². The Kier molecular flexibility index (Phi) is 4.17. The summed E-state index contributed by atoms with van der Waals surface area (Å²) in [7, 11) is 0. The average Bonchev–Trinajstić information content (AvgIpc) is 2.84. The van der Waals surface area contributed by atoms with E-state index in [4.69, 9.17) is 0 Å². The van der Waals surface area contributed by atoms with Crippen molar-refractivity contribution in [2.24, 2.45) is 0 Å². The quantitative estimate of drug-likeness (QED) is 0.632. The SMILES string of the molecule is CCc1cc(CC)n(-c2ncc([N+](=O)[O-])c(C)c2Br)n1. The molecule has 0 bridgehead atoms. The number of pyridine rings is 1. The van der Waals surface area contributed by atoms with E-state index in [1.165, 1.54) is 6.20 Å². The largest absolute Gasteiger partial charge is 0.291 e. The molecule has 0 amide bonds. The summed E-state index contributed by atoms with van der Waals surface area (Å²) in [5.41, 5.74) is 2.56. The van der Waals surface area contributed by atoms with Gasteiger partial charge in [0.05, 0.1) is 15.1 Å². The van der Waals surface area contributed by atoms with E-state index in [0.717, 1.165) is 24.2 Å². The molecule has 0 spiro atoms. The van der Waals surface area contributed by atoms with Crippen molar-refractivity contribution in [3.63, 3.8) is 0 Å². The summed E-state index contributed by atoms with van der Waals surface area (Å²) in [6.45, 7) is 5.78. The van der Waals surface area contributed by atoms with Crippen LogP contribution in [0.4, 0.5) is 5.69 Å². The molecule has 0 atom stereocenters. The van der Waals surface area contributed by atoms with Crippen LogP contribution in [0.3, 0.4) is 0 Å². The summed E-state index contributed by atoms with van der Waals surface area (Å²) in [6.07, 6.45) is 2.93. The van der Waals surface area contributed by atoms with Crippen LogP contribution in [0.1, 0.15) is 30.8 Å². The topological polar surface area (TPSA) is 73.8 Å². The van der Waals surface area contributed by atoms with Crippen molar-refractivity contribution in [1.29, 1.82) is 0 Å². The molecule has 0 saturated heterocycles. The van der Waals surface area contributed by atoms with E-state index >= 15 is 0 Å². The second kappa shape index (κ2) is 5.70. The zero-order chi connectivity index (χ0) is 14.9. The van der Waals surface area contributed by atoms with Crippen molar-refractivity contribution in [2.45, 2.75) is 33.6 Å². The van der Waals surface area contributed by atoms with Gasteiger partial charge in [0.1, 0.15) is 6.20 Å². The van der Waals surface area contributed by atoms with Gasteiger partial charge in [-0.3, -0.25) is 10.1 Å². The van der Waals surface area contributed by atoms with Gasteiger partial charge in [0, 0.05) is 11.3 Å². The normalized spacial score (nSPS) is 10.8. The lowest BCUT2D eigenvalue weighted by molar-refractivity contribution is -0.385. The molecule has 0 aliphatic rings. The summed E-state index contributed by atoms with van der Waals surface area (Å²) >= 11 is 3.40. The van der Waals surface area contributed by atoms with Gasteiger partial charge in [0.25, 0.3) is 5.69 Å². The number of hydrogen-bond donors (Lipinski definition) is 0. The van der Waals surface area contributed by atoms with E-state index in [-0.39, 0.29) is 5.69 Å². The lowest BCUT2D eigenvalue weighted by Gasteiger charge is -2.09. The van der Waals surface area contributed by atoms with Gasteiger partial charge < -0.3 is 0 Å². The summed E-state index contributed by atoms with van der Waals surface area (Å²) in [5.74, 6) is 0.588. The Morgan fingerprint density at radius 2 is 2.10 bits per heavy atom. The molecule has 0 unspecified atom stereocenters. The minimum absolute atomic E-state index is 0.00143. The molecule has 0 saturated carbocycles. The summed E-state index contributed by atoms with van der Waals surface area (Å²) in [6, 6.07) is 2.03. The maximum absolute atomic E-state index is 10.9. The number of nitro groups is 1. The first-order chi connectivity index (χ1) is 9.49. The minimum Gasteiger partial charge on any atom is -0.258 e. The lowest BCUT2D eigenvalue weighted by Crippen LogP contribution is -2.07. The number of rotatable bonds is 4. The molecule has 2 rings (SSSR count). The third-order valence-electron chi connectivity index (χ3n) is 3.17. The van der Waals surface area contributed by atoms with Crippen LogP contribution in [-0.4, -0.2) is 19.7 Å². The molecule has 0 aliphatic carbocycles. The molecule has 2 aromatic heterocycles. The molecule has 2 aromatic rings. The van der Waals surface area contributed by atoms with E-state index in [2.05, 4.69) is 26.0 Å². The number of nitrogens with zero attached hydrogens (tertiary/aromatic N) is 4. The van der Waals surface area contributed by atoms with Crippen molar-refractivity contribution in [1.82, 2.24) is 14.8 Å². The van der Waals surface area contributed by atoms with Gasteiger partial charge in [-0.1, -0.05) is 13.8 Å². The molecule has 0 aromatic carbocycles. The molecule has 7 heteroatoms. The van der Waals surface area contributed by atoms with Crippen molar-refractivity contribution >= 4 is 21.6 Å². The van der Waals surface area contributed by atoms with Crippen LogP contribution in [0, 0.1) is 17.0 Å². The number of halogens is 1. The van der Waals surface area contributed by atoms with E-state index in [9.17, 15) is 10.1 Å². The fourth-order valence-corrected chi connectivity index (χ4v) is 2.44. The smallest absolute Gasteiger partial charge is 0.258 e. The second-order valence-electron chi connectivity index (χ2n) is 4.41. The Labute approximate surface area is 125 Å². The predicted octanol–water partition coefficient (Wildman–Crippen LogP) is 3.37. The highest BCUT2D eigenvalue weighted by Crippen LogP contribution is 2.30. The fraction of sp³-hybridized carbons (Fsp3) is 0.385. The zero-order valence-corrected chi connectivity index (χ0v) is 13.1. The molecule has 0 N–H and O–H groups in total. The van der Waals surface area contributed by atoms with Crippen molar-refractivity contribution in [3.05, 3.63) is 43.8 Å². The molecule has 20 heavy (non-hydrogen) atoms. The molecular formula is C13H15BrN4O2. The minimum atomic E-state index is -0.432. The highest BCUT2D eigenvalue weighted by atomic mass is 79.9. The lowest BCUT2D eigenvalue weighted by atomic mass is 10.2. The van der Waals surface area contributed by atoms with Gasteiger partial charge in [-0.15, -0.1) is 0 Å². The second-order valence-corrected chi connectivity index (χ2v) is 5.20. The van der Waals surface area contributed by atoms with E-state index in [1.54, 1.807) is 11.6 Å². The number of aryl methyl sites for hydroxylation is 2. The Bertz CT molecular complexity index is 667. The van der Waals surface area contributed by atoms with Crippen LogP contribution in [-0.2, 0) is 12.8 Å². The maximum Gasteiger partial charge on any atom is 0.291 e. The molecule has 106 valence electrons. The summed E-state index contributed by atoms with van der Waals surface area (Å²) in [4.78, 5) is 14.7. The van der Waals surface area contributed by atoms with Crippen LogP contribution in [0.5, 0.6) is 0 Å². The van der Waals surface area contributed by atoms with Gasteiger partial charge in [-0.05, 0) is 41.8 Å². The van der Waals surface area contributed by atoms with Gasteiger partial charge in [0.2, 0.25) is 0 Å².